The molecule has 0 amide bonds. The number of nitro groups is 1. The fourth-order valence-corrected chi connectivity index (χ4v) is 2.09. The first-order valence-electron chi connectivity index (χ1n) is 6.34. The molecule has 5 nitrogen and oxygen atoms in total. The number of hydrogen-bond donors (Lipinski definition) is 0. The Kier molecular flexibility index (Phi) is 4.42. The predicted octanol–water partition coefficient (Wildman–Crippen LogP) is 3.47. The zero-order valence-electron chi connectivity index (χ0n) is 11.1. The van der Waals surface area contributed by atoms with Crippen molar-refractivity contribution in [1.82, 2.24) is 0 Å². The molecular weight excluding hydrogens is 268 g/mol. The SMILES string of the molecule is N#CCC(C(=O)c1ccc([N+](=O)[O-])cc1)c1ccccc1. The summed E-state index contributed by atoms with van der Waals surface area (Å²) in [6.45, 7) is 0. The van der Waals surface area contributed by atoms with Crippen LogP contribution in [0.5, 0.6) is 0 Å². The maximum Gasteiger partial charge on any atom is 0.269 e. The molecule has 0 radical (unpaired) electrons. The predicted molar refractivity (Wildman–Crippen MR) is 76.8 cm³/mol. The minimum absolute atomic E-state index is 0.0666. The molecule has 0 saturated heterocycles. The van der Waals surface area contributed by atoms with Crippen molar-refractivity contribution >= 4 is 11.5 Å². The smallest absolute Gasteiger partial charge is 0.269 e. The molecule has 0 spiro atoms. The van der Waals surface area contributed by atoms with Gasteiger partial charge in [0.15, 0.2) is 5.78 Å². The molecule has 0 saturated carbocycles. The van der Waals surface area contributed by atoms with E-state index in [1.807, 2.05) is 24.3 Å². The molecule has 0 aliphatic carbocycles. The summed E-state index contributed by atoms with van der Waals surface area (Å²) in [5.74, 6) is -0.768. The van der Waals surface area contributed by atoms with E-state index in [0.29, 0.717) is 5.56 Å². The molecular formula is C16H12N2O3. The van der Waals surface area contributed by atoms with Crippen molar-refractivity contribution in [2.24, 2.45) is 0 Å². The Morgan fingerprint density at radius 2 is 1.76 bits per heavy atom. The summed E-state index contributed by atoms with van der Waals surface area (Å²) < 4.78 is 0. The zero-order chi connectivity index (χ0) is 15.2. The number of nitrogens with zero attached hydrogens (tertiary/aromatic N) is 2. The lowest BCUT2D eigenvalue weighted by Crippen LogP contribution is -2.12. The Labute approximate surface area is 121 Å². The van der Waals surface area contributed by atoms with Crippen molar-refractivity contribution in [2.75, 3.05) is 0 Å². The minimum Gasteiger partial charge on any atom is -0.293 e. The number of nitro benzene ring substituents is 1. The molecule has 21 heavy (non-hydrogen) atoms. The third kappa shape index (κ3) is 3.31. The van der Waals surface area contributed by atoms with Crippen molar-refractivity contribution in [3.63, 3.8) is 0 Å². The molecule has 2 rings (SSSR count). The standard InChI is InChI=1S/C16H12N2O3/c17-11-10-15(12-4-2-1-3-5-12)16(19)13-6-8-14(9-7-13)18(20)21/h1-9,15H,10H2. The summed E-state index contributed by atoms with van der Waals surface area (Å²) in [6.07, 6.45) is 0.0693. The first-order chi connectivity index (χ1) is 10.1. The van der Waals surface area contributed by atoms with Crippen LogP contribution in [0.15, 0.2) is 54.6 Å². The summed E-state index contributed by atoms with van der Waals surface area (Å²) in [5.41, 5.74) is 1.07. The van der Waals surface area contributed by atoms with Crippen molar-refractivity contribution < 1.29 is 9.72 Å². The normalized spacial score (nSPS) is 11.4. The van der Waals surface area contributed by atoms with Crippen LogP contribution in [0.25, 0.3) is 0 Å². The Hall–Kier alpha value is -3.00. The van der Waals surface area contributed by atoms with E-state index in [-0.39, 0.29) is 17.9 Å². The summed E-state index contributed by atoms with van der Waals surface area (Å²) in [5, 5.41) is 19.5. The van der Waals surface area contributed by atoms with Crippen LogP contribution in [-0.4, -0.2) is 10.7 Å². The lowest BCUT2D eigenvalue weighted by Gasteiger charge is -2.12. The average Bonchev–Trinajstić information content (AvgIpc) is 2.53. The van der Waals surface area contributed by atoms with Crippen molar-refractivity contribution in [3.8, 4) is 6.07 Å². The summed E-state index contributed by atoms with van der Waals surface area (Å²) >= 11 is 0. The lowest BCUT2D eigenvalue weighted by atomic mass is 9.88. The Morgan fingerprint density at radius 1 is 1.14 bits per heavy atom. The first kappa shape index (κ1) is 14.4. The fourth-order valence-electron chi connectivity index (χ4n) is 2.09. The van der Waals surface area contributed by atoms with Crippen LogP contribution < -0.4 is 0 Å². The molecule has 5 heteroatoms. The molecule has 2 aromatic carbocycles. The van der Waals surface area contributed by atoms with Crippen LogP contribution in [0.4, 0.5) is 5.69 Å². The van der Waals surface area contributed by atoms with E-state index in [2.05, 4.69) is 0 Å². The van der Waals surface area contributed by atoms with Crippen LogP contribution in [0, 0.1) is 21.4 Å². The highest BCUT2D eigenvalue weighted by Crippen LogP contribution is 2.25. The van der Waals surface area contributed by atoms with Gasteiger partial charge in [-0.1, -0.05) is 30.3 Å². The van der Waals surface area contributed by atoms with Gasteiger partial charge in [0.25, 0.3) is 5.69 Å². The summed E-state index contributed by atoms with van der Waals surface area (Å²) in [4.78, 5) is 22.6. The van der Waals surface area contributed by atoms with E-state index in [9.17, 15) is 14.9 Å². The number of carbonyl (C=O) groups excluding carboxylic acids is 1. The second kappa shape index (κ2) is 6.44. The molecule has 104 valence electrons. The van der Waals surface area contributed by atoms with Crippen LogP contribution in [0.3, 0.4) is 0 Å². The van der Waals surface area contributed by atoms with Crippen molar-refractivity contribution in [2.45, 2.75) is 12.3 Å². The van der Waals surface area contributed by atoms with Crippen LogP contribution in [-0.2, 0) is 0 Å². The van der Waals surface area contributed by atoms with Crippen molar-refractivity contribution in [3.05, 3.63) is 75.8 Å². The molecule has 0 heterocycles. The second-order valence-electron chi connectivity index (χ2n) is 4.49. The minimum atomic E-state index is -0.558. The van der Waals surface area contributed by atoms with Gasteiger partial charge in [0.2, 0.25) is 0 Å². The highest BCUT2D eigenvalue weighted by molar-refractivity contribution is 6.01. The molecule has 0 fully saturated rings. The van der Waals surface area contributed by atoms with Gasteiger partial charge in [-0.3, -0.25) is 14.9 Å². The van der Waals surface area contributed by atoms with E-state index in [0.717, 1.165) is 5.56 Å². The average molecular weight is 280 g/mol. The van der Waals surface area contributed by atoms with E-state index in [4.69, 9.17) is 5.26 Å². The van der Waals surface area contributed by atoms with Gasteiger partial charge in [-0.2, -0.15) is 5.26 Å². The molecule has 0 N–H and O–H groups in total. The van der Waals surface area contributed by atoms with Gasteiger partial charge in [-0.05, 0) is 17.7 Å². The molecule has 1 unspecified atom stereocenters. The summed E-state index contributed by atoms with van der Waals surface area (Å²) in [6, 6.07) is 16.5. The van der Waals surface area contributed by atoms with E-state index < -0.39 is 10.8 Å². The Morgan fingerprint density at radius 3 is 2.29 bits per heavy atom. The van der Waals surface area contributed by atoms with Crippen LogP contribution in [0.1, 0.15) is 28.3 Å². The van der Waals surface area contributed by atoms with Gasteiger partial charge in [0.05, 0.1) is 16.9 Å². The largest absolute Gasteiger partial charge is 0.293 e. The quantitative estimate of drug-likeness (QED) is 0.477. The number of benzene rings is 2. The van der Waals surface area contributed by atoms with Crippen LogP contribution in [0.2, 0.25) is 0 Å². The van der Waals surface area contributed by atoms with Gasteiger partial charge in [0, 0.05) is 24.1 Å². The molecule has 0 aliphatic rings. The number of nitriles is 1. The van der Waals surface area contributed by atoms with Gasteiger partial charge in [-0.25, -0.2) is 0 Å². The highest BCUT2D eigenvalue weighted by atomic mass is 16.6. The number of hydrogen-bond acceptors (Lipinski definition) is 4. The fraction of sp³-hybridized carbons (Fsp3) is 0.125. The monoisotopic (exact) mass is 280 g/mol. The Balaban J connectivity index is 2.31. The number of Topliss-reactive ketones (excluding diaryl/α,β-unsaturated/α-hetero) is 1. The third-order valence-electron chi connectivity index (χ3n) is 3.18. The summed E-state index contributed by atoms with van der Waals surface area (Å²) in [7, 11) is 0. The molecule has 0 aliphatic heterocycles. The van der Waals surface area contributed by atoms with Gasteiger partial charge in [0.1, 0.15) is 0 Å². The highest BCUT2D eigenvalue weighted by Gasteiger charge is 2.22. The van der Waals surface area contributed by atoms with Crippen molar-refractivity contribution in [1.29, 1.82) is 5.26 Å². The molecule has 0 bridgehead atoms. The van der Waals surface area contributed by atoms with Gasteiger partial charge >= 0.3 is 0 Å². The molecule has 0 aromatic heterocycles. The first-order valence-corrected chi connectivity index (χ1v) is 6.34. The maximum absolute atomic E-state index is 12.5. The van der Waals surface area contributed by atoms with Crippen LogP contribution >= 0.6 is 0 Å². The number of ketones is 1. The topological polar surface area (TPSA) is 84.0 Å². The van der Waals surface area contributed by atoms with E-state index in [1.54, 1.807) is 12.1 Å². The maximum atomic E-state index is 12.5. The Bertz CT molecular complexity index is 688. The number of carbonyl (C=O) groups is 1. The second-order valence-corrected chi connectivity index (χ2v) is 4.49. The number of non-ortho nitro benzene ring substituents is 1. The van der Waals surface area contributed by atoms with E-state index >= 15 is 0 Å². The van der Waals surface area contributed by atoms with Gasteiger partial charge < -0.3 is 0 Å². The van der Waals surface area contributed by atoms with Gasteiger partial charge in [-0.15, -0.1) is 0 Å². The lowest BCUT2D eigenvalue weighted by molar-refractivity contribution is -0.384. The third-order valence-corrected chi connectivity index (χ3v) is 3.18. The zero-order valence-corrected chi connectivity index (χ0v) is 11.1. The molecule has 2 aromatic rings. The number of rotatable bonds is 5. The van der Waals surface area contributed by atoms with E-state index in [1.165, 1.54) is 24.3 Å². The molecule has 1 atom stereocenters.